The van der Waals surface area contributed by atoms with Crippen molar-refractivity contribution >= 4 is 16.9 Å². The second-order valence-electron chi connectivity index (χ2n) is 6.12. The first-order valence-corrected chi connectivity index (χ1v) is 8.22. The molecule has 1 aromatic heterocycles. The third kappa shape index (κ3) is 3.35. The average molecular weight is 346 g/mol. The van der Waals surface area contributed by atoms with E-state index in [4.69, 9.17) is 11.2 Å². The van der Waals surface area contributed by atoms with Crippen LogP contribution in [-0.2, 0) is 0 Å². The van der Waals surface area contributed by atoms with Crippen LogP contribution < -0.4 is 4.74 Å². The highest BCUT2D eigenvalue weighted by Gasteiger charge is 2.17. The van der Waals surface area contributed by atoms with Crippen molar-refractivity contribution < 1.29 is 14.6 Å². The molecule has 0 bridgehead atoms. The minimum Gasteiger partial charge on any atom is -0.480 e. The molecule has 0 amide bonds. The molecule has 0 saturated heterocycles. The van der Waals surface area contributed by atoms with Gasteiger partial charge in [0.1, 0.15) is 12.4 Å². The second kappa shape index (κ2) is 7.24. The molecule has 0 spiro atoms. The van der Waals surface area contributed by atoms with Gasteiger partial charge in [0.05, 0.1) is 16.6 Å². The predicted octanol–water partition coefficient (Wildman–Crippen LogP) is 4.13. The van der Waals surface area contributed by atoms with Crippen molar-refractivity contribution in [2.24, 2.45) is 0 Å². The number of aromatic nitrogens is 2. The van der Waals surface area contributed by atoms with Gasteiger partial charge in [-0.1, -0.05) is 50.1 Å². The van der Waals surface area contributed by atoms with Crippen molar-refractivity contribution in [3.63, 3.8) is 0 Å². The maximum absolute atomic E-state index is 11.4. The van der Waals surface area contributed by atoms with Gasteiger partial charge in [0.2, 0.25) is 5.82 Å². The number of benzene rings is 2. The van der Waals surface area contributed by atoms with Gasteiger partial charge >= 0.3 is 5.97 Å². The van der Waals surface area contributed by atoms with Crippen LogP contribution in [0.1, 0.15) is 35.9 Å². The number of ether oxygens (including phenoxy) is 1. The smallest absolute Gasteiger partial charge is 0.373 e. The summed E-state index contributed by atoms with van der Waals surface area (Å²) < 4.78 is 5.63. The normalized spacial score (nSPS) is 10.7. The Kier molecular flexibility index (Phi) is 4.85. The van der Waals surface area contributed by atoms with Crippen molar-refractivity contribution in [1.82, 2.24) is 9.97 Å². The first-order chi connectivity index (χ1) is 12.5. The molecule has 5 nitrogen and oxygen atoms in total. The number of nitrogens with zero attached hydrogens (tertiary/aromatic N) is 2. The van der Waals surface area contributed by atoms with Gasteiger partial charge in [-0.25, -0.2) is 14.8 Å². The molecule has 26 heavy (non-hydrogen) atoms. The molecule has 3 rings (SSSR count). The minimum absolute atomic E-state index is 0.103. The fourth-order valence-corrected chi connectivity index (χ4v) is 2.72. The second-order valence-corrected chi connectivity index (χ2v) is 6.12. The van der Waals surface area contributed by atoms with E-state index in [0.29, 0.717) is 28.3 Å². The van der Waals surface area contributed by atoms with E-state index in [-0.39, 0.29) is 12.4 Å². The van der Waals surface area contributed by atoms with Crippen LogP contribution in [0.4, 0.5) is 0 Å². The summed E-state index contributed by atoms with van der Waals surface area (Å²) in [6, 6.07) is 13.1. The standard InChI is InChI=1S/C21H18N2O3/c1-4-12-26-17-7-5-6-16-18(17)19(23-20(22-16)21(24)25)15-10-8-14(9-11-15)13(2)3/h1,5-11,13H,12H2,2-3H3,(H,24,25). The molecule has 0 aliphatic rings. The van der Waals surface area contributed by atoms with Gasteiger partial charge in [-0.05, 0) is 23.6 Å². The lowest BCUT2D eigenvalue weighted by atomic mass is 9.99. The van der Waals surface area contributed by atoms with Crippen LogP contribution in [0.15, 0.2) is 42.5 Å². The van der Waals surface area contributed by atoms with Crippen LogP contribution in [0.5, 0.6) is 5.75 Å². The van der Waals surface area contributed by atoms with Gasteiger partial charge in [0.25, 0.3) is 0 Å². The molecule has 0 fully saturated rings. The third-order valence-electron chi connectivity index (χ3n) is 4.04. The van der Waals surface area contributed by atoms with E-state index < -0.39 is 5.97 Å². The lowest BCUT2D eigenvalue weighted by Gasteiger charge is -2.12. The average Bonchev–Trinajstić information content (AvgIpc) is 2.65. The molecule has 0 radical (unpaired) electrons. The first-order valence-electron chi connectivity index (χ1n) is 8.22. The molecular weight excluding hydrogens is 328 g/mol. The predicted molar refractivity (Wildman–Crippen MR) is 100 cm³/mol. The quantitative estimate of drug-likeness (QED) is 0.703. The van der Waals surface area contributed by atoms with Crippen molar-refractivity contribution in [3.8, 4) is 29.4 Å². The molecule has 0 saturated carbocycles. The third-order valence-corrected chi connectivity index (χ3v) is 4.04. The Labute approximate surface area is 151 Å². The number of carboxylic acids is 1. The van der Waals surface area contributed by atoms with E-state index in [0.717, 1.165) is 5.56 Å². The Balaban J connectivity index is 2.26. The maximum atomic E-state index is 11.4. The summed E-state index contributed by atoms with van der Waals surface area (Å²) in [5.74, 6) is 1.93. The monoisotopic (exact) mass is 346 g/mol. The minimum atomic E-state index is -1.18. The van der Waals surface area contributed by atoms with Crippen molar-refractivity contribution in [2.75, 3.05) is 6.61 Å². The zero-order valence-electron chi connectivity index (χ0n) is 14.6. The van der Waals surface area contributed by atoms with E-state index >= 15 is 0 Å². The fourth-order valence-electron chi connectivity index (χ4n) is 2.72. The van der Waals surface area contributed by atoms with Gasteiger partial charge < -0.3 is 9.84 Å². The Morgan fingerprint density at radius 2 is 1.92 bits per heavy atom. The highest BCUT2D eigenvalue weighted by molar-refractivity contribution is 5.99. The molecule has 5 heteroatoms. The van der Waals surface area contributed by atoms with E-state index in [2.05, 4.69) is 29.7 Å². The van der Waals surface area contributed by atoms with Crippen molar-refractivity contribution in [3.05, 3.63) is 53.9 Å². The number of hydrogen-bond acceptors (Lipinski definition) is 4. The summed E-state index contributed by atoms with van der Waals surface area (Å²) in [5.41, 5.74) is 2.99. The highest BCUT2D eigenvalue weighted by atomic mass is 16.5. The zero-order chi connectivity index (χ0) is 18.7. The van der Waals surface area contributed by atoms with Crippen LogP contribution in [0, 0.1) is 12.3 Å². The number of rotatable bonds is 5. The summed E-state index contributed by atoms with van der Waals surface area (Å²) in [5, 5.41) is 10.0. The summed E-state index contributed by atoms with van der Waals surface area (Å²) in [6.07, 6.45) is 5.29. The Bertz CT molecular complexity index is 1000. The van der Waals surface area contributed by atoms with Crippen LogP contribution in [0.25, 0.3) is 22.2 Å². The Hall–Kier alpha value is -3.39. The molecule has 0 atom stereocenters. The largest absolute Gasteiger partial charge is 0.480 e. The molecule has 2 aromatic carbocycles. The van der Waals surface area contributed by atoms with Gasteiger partial charge in [0.15, 0.2) is 0 Å². The molecule has 0 unspecified atom stereocenters. The maximum Gasteiger partial charge on any atom is 0.373 e. The van der Waals surface area contributed by atoms with E-state index in [1.807, 2.05) is 24.3 Å². The number of hydrogen-bond donors (Lipinski definition) is 1. The lowest BCUT2D eigenvalue weighted by Crippen LogP contribution is -2.07. The van der Waals surface area contributed by atoms with Crippen LogP contribution in [0.3, 0.4) is 0 Å². The topological polar surface area (TPSA) is 72.3 Å². The summed E-state index contributed by atoms with van der Waals surface area (Å²) >= 11 is 0. The molecule has 0 aliphatic heterocycles. The van der Waals surface area contributed by atoms with Crippen molar-refractivity contribution in [1.29, 1.82) is 0 Å². The highest BCUT2D eigenvalue weighted by Crippen LogP contribution is 2.34. The van der Waals surface area contributed by atoms with Gasteiger partial charge in [-0.2, -0.15) is 0 Å². The molecule has 130 valence electrons. The first kappa shape index (κ1) is 17.4. The summed E-state index contributed by atoms with van der Waals surface area (Å²) in [6.45, 7) is 4.33. The zero-order valence-corrected chi connectivity index (χ0v) is 14.6. The number of carboxylic acid groups (broad SMARTS) is 1. The lowest BCUT2D eigenvalue weighted by molar-refractivity contribution is 0.0684. The molecule has 0 aliphatic carbocycles. The van der Waals surface area contributed by atoms with Crippen LogP contribution >= 0.6 is 0 Å². The van der Waals surface area contributed by atoms with E-state index in [1.54, 1.807) is 18.2 Å². The molecule has 1 N–H and O–H groups in total. The van der Waals surface area contributed by atoms with Crippen LogP contribution in [0.2, 0.25) is 0 Å². The van der Waals surface area contributed by atoms with Gasteiger partial charge in [-0.15, -0.1) is 6.42 Å². The number of fused-ring (bicyclic) bond motifs is 1. The van der Waals surface area contributed by atoms with Gasteiger partial charge in [-0.3, -0.25) is 0 Å². The molecule has 3 aromatic rings. The van der Waals surface area contributed by atoms with Crippen LogP contribution in [-0.4, -0.2) is 27.7 Å². The van der Waals surface area contributed by atoms with Crippen molar-refractivity contribution in [2.45, 2.75) is 19.8 Å². The van der Waals surface area contributed by atoms with E-state index in [9.17, 15) is 9.90 Å². The van der Waals surface area contributed by atoms with E-state index in [1.165, 1.54) is 5.56 Å². The number of carbonyl (C=O) groups is 1. The Morgan fingerprint density at radius 3 is 2.54 bits per heavy atom. The fraction of sp³-hybridized carbons (Fsp3) is 0.190. The number of terminal acetylenes is 1. The number of aromatic carboxylic acids is 1. The Morgan fingerprint density at radius 1 is 1.19 bits per heavy atom. The SMILES string of the molecule is C#CCOc1cccc2nc(C(=O)O)nc(-c3ccc(C(C)C)cc3)c12. The summed E-state index contributed by atoms with van der Waals surface area (Å²) in [7, 11) is 0. The molecular formula is C21H18N2O3. The molecule has 1 heterocycles. The summed E-state index contributed by atoms with van der Waals surface area (Å²) in [4.78, 5) is 19.9. The van der Waals surface area contributed by atoms with Gasteiger partial charge in [0, 0.05) is 5.56 Å².